The molecule has 0 aliphatic carbocycles. The second kappa shape index (κ2) is 10.3. The summed E-state index contributed by atoms with van der Waals surface area (Å²) in [4.78, 5) is 22.6. The Labute approximate surface area is 208 Å². The van der Waals surface area contributed by atoms with Gasteiger partial charge in [0.25, 0.3) is 0 Å². The number of ether oxygens (including phenoxy) is 4. The molecule has 2 aliphatic heterocycles. The molecule has 0 saturated carbocycles. The molecule has 5 rings (SSSR count). The first-order valence-electron chi connectivity index (χ1n) is 11.3. The van der Waals surface area contributed by atoms with Gasteiger partial charge in [-0.05, 0) is 0 Å². The summed E-state index contributed by atoms with van der Waals surface area (Å²) in [5.41, 5.74) is 8.79. The molecule has 3 aromatic rings. The van der Waals surface area contributed by atoms with Gasteiger partial charge in [0, 0.05) is 0 Å². The fourth-order valence-corrected chi connectivity index (χ4v) is 6.52. The molecular formula is C24H25AsFN4O5. The molecule has 0 spiro atoms. The number of aromatic nitrogens is 2. The molecule has 9 nitrogen and oxygen atoms in total. The predicted octanol–water partition coefficient (Wildman–Crippen LogP) is 2.91. The summed E-state index contributed by atoms with van der Waals surface area (Å²) < 4.78 is 36.4. The number of pyridine rings is 2. The van der Waals surface area contributed by atoms with E-state index in [0.29, 0.717) is 71.1 Å². The summed E-state index contributed by atoms with van der Waals surface area (Å²) in [5.74, 6) is 1.34. The number of anilines is 1. The number of cyclic esters (lactones) is 1. The first-order valence-corrected chi connectivity index (χ1v) is 13.9. The van der Waals surface area contributed by atoms with E-state index < -0.39 is 12.2 Å². The van der Waals surface area contributed by atoms with Crippen LogP contribution in [0.25, 0.3) is 11.0 Å². The number of amides is 1. The van der Waals surface area contributed by atoms with Crippen LogP contribution in [0.1, 0.15) is 12.0 Å². The SMILES string of the molecule is COc1ccc2ncc(F)c(C[As]CC[C@H](N)C3CN(c4ccc5c(c4)OCCO5)C(=O)O3)c2n1. The van der Waals surface area contributed by atoms with Crippen LogP contribution in [-0.4, -0.2) is 70.8 Å². The molecule has 1 amide bonds. The number of halogens is 1. The summed E-state index contributed by atoms with van der Waals surface area (Å²) in [6, 6.07) is 8.56. The van der Waals surface area contributed by atoms with Crippen molar-refractivity contribution < 1.29 is 28.1 Å². The summed E-state index contributed by atoms with van der Waals surface area (Å²) in [5, 5.41) is 1.42. The molecule has 1 unspecified atom stereocenters. The molecule has 2 N–H and O–H groups in total. The number of benzene rings is 1. The Hall–Kier alpha value is -3.10. The van der Waals surface area contributed by atoms with Crippen molar-refractivity contribution in [2.45, 2.75) is 29.0 Å². The van der Waals surface area contributed by atoms with Crippen LogP contribution >= 0.6 is 0 Å². The summed E-state index contributed by atoms with van der Waals surface area (Å²) in [6.07, 6.45) is 1.07. The second-order valence-corrected chi connectivity index (χ2v) is 10.8. The molecule has 1 aromatic carbocycles. The number of nitrogens with two attached hydrogens (primary N) is 1. The quantitative estimate of drug-likeness (QED) is 0.342. The summed E-state index contributed by atoms with van der Waals surface area (Å²) >= 11 is -0.233. The molecule has 2 atom stereocenters. The first kappa shape index (κ1) is 23.6. The standard InChI is InChI=1S/C24H25AsFN4O5/c1-32-22-5-3-18-23(29-22)15(16(26)12-28-18)11-25-7-6-17(27)21-13-30(24(31)35-21)14-2-4-19-20(10-14)34-9-8-33-19/h2-5,10,12,17,21H,6-9,11,13,27H2,1H3/t17-,21?/m0/s1. The minimum atomic E-state index is -0.430. The van der Waals surface area contributed by atoms with Gasteiger partial charge in [-0.3, -0.25) is 0 Å². The Balaban J connectivity index is 1.17. The van der Waals surface area contributed by atoms with E-state index in [0.717, 1.165) is 5.21 Å². The van der Waals surface area contributed by atoms with Crippen LogP contribution in [0.5, 0.6) is 17.4 Å². The first-order chi connectivity index (χ1) is 17.0. The van der Waals surface area contributed by atoms with Crippen molar-refractivity contribution in [3.05, 3.63) is 47.9 Å². The van der Waals surface area contributed by atoms with Crippen molar-refractivity contribution in [3.8, 4) is 17.4 Å². The van der Waals surface area contributed by atoms with E-state index >= 15 is 0 Å². The predicted molar refractivity (Wildman–Crippen MR) is 128 cm³/mol. The van der Waals surface area contributed by atoms with E-state index in [1.165, 1.54) is 13.3 Å². The van der Waals surface area contributed by atoms with Gasteiger partial charge in [0.2, 0.25) is 0 Å². The molecule has 11 heteroatoms. The van der Waals surface area contributed by atoms with Crippen LogP contribution in [0, 0.1) is 5.82 Å². The van der Waals surface area contributed by atoms with E-state index in [1.54, 1.807) is 29.2 Å². The molecule has 1 fully saturated rings. The normalized spacial score (nSPS) is 18.3. The van der Waals surface area contributed by atoms with Gasteiger partial charge in [0.15, 0.2) is 0 Å². The van der Waals surface area contributed by atoms with Gasteiger partial charge in [-0.25, -0.2) is 0 Å². The van der Waals surface area contributed by atoms with Crippen molar-refractivity contribution in [2.75, 3.05) is 31.8 Å². The topological polar surface area (TPSA) is 109 Å². The third kappa shape index (κ3) is 4.99. The van der Waals surface area contributed by atoms with Crippen molar-refractivity contribution >= 4 is 38.6 Å². The molecule has 183 valence electrons. The van der Waals surface area contributed by atoms with Crippen LogP contribution in [0.15, 0.2) is 36.5 Å². The molecule has 2 aromatic heterocycles. The number of hydrogen-bond donors (Lipinski definition) is 1. The summed E-state index contributed by atoms with van der Waals surface area (Å²) in [7, 11) is 1.53. The third-order valence-electron chi connectivity index (χ3n) is 5.99. The van der Waals surface area contributed by atoms with Gasteiger partial charge < -0.3 is 0 Å². The summed E-state index contributed by atoms with van der Waals surface area (Å²) in [6.45, 7) is 1.34. The number of carbonyl (C=O) groups is 1. The number of hydrogen-bond acceptors (Lipinski definition) is 8. The Morgan fingerprint density at radius 1 is 1.26 bits per heavy atom. The number of rotatable bonds is 8. The van der Waals surface area contributed by atoms with Crippen molar-refractivity contribution in [3.63, 3.8) is 0 Å². The molecule has 2 aliphatic rings. The van der Waals surface area contributed by atoms with E-state index in [9.17, 15) is 9.18 Å². The maximum absolute atomic E-state index is 14.5. The van der Waals surface area contributed by atoms with E-state index in [4.69, 9.17) is 24.7 Å². The van der Waals surface area contributed by atoms with E-state index in [2.05, 4.69) is 9.97 Å². The van der Waals surface area contributed by atoms with Gasteiger partial charge in [-0.15, -0.1) is 0 Å². The Morgan fingerprint density at radius 3 is 2.91 bits per heavy atom. The van der Waals surface area contributed by atoms with Crippen LogP contribution in [0.2, 0.25) is 5.21 Å². The number of carbonyl (C=O) groups excluding carboxylic acids is 1. The molecule has 1 radical (unpaired) electrons. The van der Waals surface area contributed by atoms with Crippen LogP contribution in [0.4, 0.5) is 14.9 Å². The van der Waals surface area contributed by atoms with Crippen molar-refractivity contribution in [1.29, 1.82) is 0 Å². The molecule has 35 heavy (non-hydrogen) atoms. The molecule has 1 saturated heterocycles. The Bertz CT molecular complexity index is 1250. The van der Waals surface area contributed by atoms with Crippen molar-refractivity contribution in [2.24, 2.45) is 5.73 Å². The maximum atomic E-state index is 14.5. The van der Waals surface area contributed by atoms with E-state index in [-0.39, 0.29) is 27.6 Å². The van der Waals surface area contributed by atoms with Crippen LogP contribution in [-0.2, 0) is 9.95 Å². The molecule has 0 bridgehead atoms. The molecular weight excluding hydrogens is 518 g/mol. The zero-order chi connectivity index (χ0) is 24.4. The van der Waals surface area contributed by atoms with Crippen LogP contribution in [0.3, 0.4) is 0 Å². The third-order valence-corrected chi connectivity index (χ3v) is 8.33. The minimum absolute atomic E-state index is 0.233. The van der Waals surface area contributed by atoms with Gasteiger partial charge in [-0.1, -0.05) is 0 Å². The average molecular weight is 543 g/mol. The van der Waals surface area contributed by atoms with E-state index in [1.807, 2.05) is 6.07 Å². The Morgan fingerprint density at radius 2 is 2.09 bits per heavy atom. The second-order valence-electron chi connectivity index (χ2n) is 8.22. The van der Waals surface area contributed by atoms with Crippen LogP contribution < -0.4 is 24.8 Å². The monoisotopic (exact) mass is 543 g/mol. The number of nitrogens with zero attached hydrogens (tertiary/aromatic N) is 3. The van der Waals surface area contributed by atoms with Crippen molar-refractivity contribution in [1.82, 2.24) is 9.97 Å². The van der Waals surface area contributed by atoms with Gasteiger partial charge in [-0.2, -0.15) is 0 Å². The average Bonchev–Trinajstić information content (AvgIpc) is 3.28. The van der Waals surface area contributed by atoms with Gasteiger partial charge >= 0.3 is 208 Å². The fraction of sp³-hybridized carbons (Fsp3) is 0.375. The van der Waals surface area contributed by atoms with Gasteiger partial charge in [0.05, 0.1) is 0 Å². The zero-order valence-corrected chi connectivity index (χ0v) is 21.0. The van der Waals surface area contributed by atoms with Gasteiger partial charge in [0.1, 0.15) is 0 Å². The number of fused-ring (bicyclic) bond motifs is 2. The Kier molecular flexibility index (Phi) is 6.92. The molecule has 4 heterocycles. The fourth-order valence-electron chi connectivity index (χ4n) is 4.08. The zero-order valence-electron chi connectivity index (χ0n) is 19.1. The number of methoxy groups -OCH3 is 1.